The van der Waals surface area contributed by atoms with Crippen molar-refractivity contribution >= 4 is 17.8 Å². The highest BCUT2D eigenvalue weighted by Crippen LogP contribution is 2.32. The first-order chi connectivity index (χ1) is 11.1. The maximum Gasteiger partial charge on any atom is 0.329 e. The molecule has 0 saturated carbocycles. The van der Waals surface area contributed by atoms with E-state index in [1.165, 1.54) is 0 Å². The van der Waals surface area contributed by atoms with Crippen molar-refractivity contribution in [3.63, 3.8) is 0 Å². The average Bonchev–Trinajstić information content (AvgIpc) is 3.18. The number of carbonyl (C=O) groups excluding carboxylic acids is 3. The second kappa shape index (κ2) is 6.55. The Balaban J connectivity index is 1.41. The van der Waals surface area contributed by atoms with Gasteiger partial charge in [0.05, 0.1) is 0 Å². The Bertz CT molecular complexity index is 645. The lowest BCUT2D eigenvalue weighted by molar-refractivity contribution is -0.150. The van der Waals surface area contributed by atoms with Crippen molar-refractivity contribution < 1.29 is 28.6 Å². The van der Waals surface area contributed by atoms with Crippen molar-refractivity contribution in [3.8, 4) is 11.5 Å². The zero-order valence-corrected chi connectivity index (χ0v) is 12.3. The summed E-state index contributed by atoms with van der Waals surface area (Å²) in [7, 11) is 0. The summed E-state index contributed by atoms with van der Waals surface area (Å²) in [6, 6.07) is 4.72. The summed E-state index contributed by atoms with van der Waals surface area (Å²) in [5.74, 6) is 0.126. The van der Waals surface area contributed by atoms with Crippen LogP contribution >= 0.6 is 0 Å². The molecule has 2 aliphatic heterocycles. The summed E-state index contributed by atoms with van der Waals surface area (Å²) in [6.45, 7) is 0.0990. The lowest BCUT2D eigenvalue weighted by Crippen LogP contribution is -2.37. The van der Waals surface area contributed by atoms with Crippen LogP contribution in [-0.4, -0.2) is 37.2 Å². The van der Waals surface area contributed by atoms with Crippen LogP contribution < -0.4 is 20.1 Å². The third kappa shape index (κ3) is 3.71. The SMILES string of the molecule is O=C(COC(=O)[C@H]1CCC(=O)N1)NCc1ccc2c(c1)OCO2. The van der Waals surface area contributed by atoms with Crippen molar-refractivity contribution in [1.29, 1.82) is 0 Å². The maximum atomic E-state index is 11.7. The fourth-order valence-corrected chi connectivity index (χ4v) is 2.33. The van der Waals surface area contributed by atoms with Crippen LogP contribution in [0, 0.1) is 0 Å². The van der Waals surface area contributed by atoms with Crippen LogP contribution in [-0.2, 0) is 25.7 Å². The topological polar surface area (TPSA) is 103 Å². The van der Waals surface area contributed by atoms with Gasteiger partial charge in [-0.25, -0.2) is 4.79 Å². The largest absolute Gasteiger partial charge is 0.454 e. The fraction of sp³-hybridized carbons (Fsp3) is 0.400. The zero-order chi connectivity index (χ0) is 16.2. The molecule has 1 aromatic carbocycles. The number of hydrogen-bond acceptors (Lipinski definition) is 6. The number of hydrogen-bond donors (Lipinski definition) is 2. The summed E-state index contributed by atoms with van der Waals surface area (Å²) in [5.41, 5.74) is 0.844. The van der Waals surface area contributed by atoms with Gasteiger partial charge in [0.25, 0.3) is 5.91 Å². The first-order valence-electron chi connectivity index (χ1n) is 7.23. The Morgan fingerprint density at radius 3 is 2.91 bits per heavy atom. The van der Waals surface area contributed by atoms with E-state index in [9.17, 15) is 14.4 Å². The minimum absolute atomic E-state index is 0.181. The van der Waals surface area contributed by atoms with Gasteiger partial charge in [0.2, 0.25) is 12.7 Å². The minimum Gasteiger partial charge on any atom is -0.454 e. The molecule has 0 aliphatic carbocycles. The molecule has 1 aromatic rings. The summed E-state index contributed by atoms with van der Waals surface area (Å²) in [5, 5.41) is 5.13. The van der Waals surface area contributed by atoms with Crippen LogP contribution in [0.2, 0.25) is 0 Å². The van der Waals surface area contributed by atoms with Gasteiger partial charge >= 0.3 is 5.97 Å². The van der Waals surface area contributed by atoms with E-state index in [-0.39, 0.29) is 25.9 Å². The lowest BCUT2D eigenvalue weighted by atomic mass is 10.2. The Labute approximate surface area is 132 Å². The Kier molecular flexibility index (Phi) is 4.31. The van der Waals surface area contributed by atoms with E-state index in [1.807, 2.05) is 6.07 Å². The molecular formula is C15H16N2O6. The van der Waals surface area contributed by atoms with Gasteiger partial charge in [0, 0.05) is 13.0 Å². The molecule has 1 saturated heterocycles. The lowest BCUT2D eigenvalue weighted by Gasteiger charge is -2.10. The van der Waals surface area contributed by atoms with Crippen LogP contribution in [0.5, 0.6) is 11.5 Å². The number of esters is 1. The fourth-order valence-electron chi connectivity index (χ4n) is 2.33. The Morgan fingerprint density at radius 1 is 1.30 bits per heavy atom. The van der Waals surface area contributed by atoms with E-state index in [0.29, 0.717) is 24.3 Å². The molecule has 2 N–H and O–H groups in total. The molecule has 1 atom stereocenters. The smallest absolute Gasteiger partial charge is 0.329 e. The normalized spacial score (nSPS) is 18.4. The van der Waals surface area contributed by atoms with Crippen molar-refractivity contribution in [2.75, 3.05) is 13.4 Å². The summed E-state index contributed by atoms with van der Waals surface area (Å²) in [4.78, 5) is 34.4. The predicted octanol–water partition coefficient (Wildman–Crippen LogP) is -0.147. The van der Waals surface area contributed by atoms with Crippen molar-refractivity contribution in [2.45, 2.75) is 25.4 Å². The number of carbonyl (C=O) groups is 3. The van der Waals surface area contributed by atoms with Crippen molar-refractivity contribution in [1.82, 2.24) is 10.6 Å². The molecule has 8 heteroatoms. The molecule has 0 aromatic heterocycles. The highest BCUT2D eigenvalue weighted by molar-refractivity contribution is 5.89. The number of ether oxygens (including phenoxy) is 3. The van der Waals surface area contributed by atoms with E-state index in [1.54, 1.807) is 12.1 Å². The number of rotatable bonds is 5. The third-order valence-electron chi connectivity index (χ3n) is 3.55. The van der Waals surface area contributed by atoms with Gasteiger partial charge in [-0.15, -0.1) is 0 Å². The van der Waals surface area contributed by atoms with Gasteiger partial charge in [0.15, 0.2) is 18.1 Å². The molecule has 0 bridgehead atoms. The third-order valence-corrected chi connectivity index (χ3v) is 3.55. The van der Waals surface area contributed by atoms with Crippen molar-refractivity contribution in [2.24, 2.45) is 0 Å². The van der Waals surface area contributed by atoms with Crippen LogP contribution in [0.4, 0.5) is 0 Å². The molecule has 23 heavy (non-hydrogen) atoms. The molecular weight excluding hydrogens is 304 g/mol. The van der Waals surface area contributed by atoms with Gasteiger partial charge in [-0.2, -0.15) is 0 Å². The van der Waals surface area contributed by atoms with Crippen LogP contribution in [0.3, 0.4) is 0 Å². The van der Waals surface area contributed by atoms with Gasteiger partial charge in [0.1, 0.15) is 6.04 Å². The van der Waals surface area contributed by atoms with Gasteiger partial charge < -0.3 is 24.8 Å². The zero-order valence-electron chi connectivity index (χ0n) is 12.3. The molecule has 2 aliphatic rings. The molecule has 2 heterocycles. The number of fused-ring (bicyclic) bond motifs is 1. The highest BCUT2D eigenvalue weighted by atomic mass is 16.7. The molecule has 0 unspecified atom stereocenters. The number of benzene rings is 1. The summed E-state index contributed by atoms with van der Waals surface area (Å²) >= 11 is 0. The Hall–Kier alpha value is -2.77. The van der Waals surface area contributed by atoms with E-state index in [2.05, 4.69) is 10.6 Å². The molecule has 2 amide bonds. The molecule has 122 valence electrons. The number of amides is 2. The second-order valence-electron chi connectivity index (χ2n) is 5.23. The van der Waals surface area contributed by atoms with Crippen LogP contribution in [0.25, 0.3) is 0 Å². The van der Waals surface area contributed by atoms with Crippen LogP contribution in [0.15, 0.2) is 18.2 Å². The van der Waals surface area contributed by atoms with Crippen molar-refractivity contribution in [3.05, 3.63) is 23.8 Å². The Morgan fingerprint density at radius 2 is 2.13 bits per heavy atom. The first-order valence-corrected chi connectivity index (χ1v) is 7.23. The van der Waals surface area contributed by atoms with E-state index >= 15 is 0 Å². The predicted molar refractivity (Wildman–Crippen MR) is 76.5 cm³/mol. The van der Waals surface area contributed by atoms with E-state index in [0.717, 1.165) is 5.56 Å². The molecule has 3 rings (SSSR count). The second-order valence-corrected chi connectivity index (χ2v) is 5.23. The molecule has 1 fully saturated rings. The van der Waals surface area contributed by atoms with Gasteiger partial charge in [-0.3, -0.25) is 9.59 Å². The van der Waals surface area contributed by atoms with Gasteiger partial charge in [-0.1, -0.05) is 6.07 Å². The highest BCUT2D eigenvalue weighted by Gasteiger charge is 2.28. The molecule has 0 spiro atoms. The molecule has 0 radical (unpaired) electrons. The maximum absolute atomic E-state index is 11.7. The van der Waals surface area contributed by atoms with E-state index < -0.39 is 17.9 Å². The quantitative estimate of drug-likeness (QED) is 0.732. The standard InChI is InChI=1S/C15H16N2O6/c18-13-4-2-10(17-13)15(20)21-7-14(19)16-6-9-1-3-11-12(5-9)23-8-22-11/h1,3,5,10H,2,4,6-8H2,(H,16,19)(H,17,18)/t10-/m1/s1. The average molecular weight is 320 g/mol. The van der Waals surface area contributed by atoms with Gasteiger partial charge in [-0.05, 0) is 24.1 Å². The summed E-state index contributed by atoms with van der Waals surface area (Å²) in [6.07, 6.45) is 0.701. The first kappa shape index (κ1) is 15.1. The monoisotopic (exact) mass is 320 g/mol. The van der Waals surface area contributed by atoms with Crippen LogP contribution in [0.1, 0.15) is 18.4 Å². The molecule has 8 nitrogen and oxygen atoms in total. The van der Waals surface area contributed by atoms with E-state index in [4.69, 9.17) is 14.2 Å². The number of nitrogens with one attached hydrogen (secondary N) is 2. The summed E-state index contributed by atoms with van der Waals surface area (Å²) < 4.78 is 15.3. The minimum atomic E-state index is -0.649.